The summed E-state index contributed by atoms with van der Waals surface area (Å²) in [6.07, 6.45) is 6.77. The predicted molar refractivity (Wildman–Crippen MR) is 76.4 cm³/mol. The first-order valence-corrected chi connectivity index (χ1v) is 7.36. The maximum Gasteiger partial charge on any atom is 0.00933 e. The lowest BCUT2D eigenvalue weighted by molar-refractivity contribution is 0.156. The van der Waals surface area contributed by atoms with Gasteiger partial charge in [0.25, 0.3) is 0 Å². The molecule has 0 aliphatic heterocycles. The monoisotopic (exact) mass is 240 g/mol. The molecule has 17 heavy (non-hydrogen) atoms. The maximum atomic E-state index is 3.58. The van der Waals surface area contributed by atoms with Crippen LogP contribution in [-0.2, 0) is 0 Å². The van der Waals surface area contributed by atoms with Gasteiger partial charge in [-0.05, 0) is 57.7 Å². The quantitative estimate of drug-likeness (QED) is 0.793. The number of nitrogens with zero attached hydrogens (tertiary/aromatic N) is 1. The van der Waals surface area contributed by atoms with Crippen molar-refractivity contribution in [3.63, 3.8) is 0 Å². The Morgan fingerprint density at radius 3 is 2.18 bits per heavy atom. The summed E-state index contributed by atoms with van der Waals surface area (Å²) in [5.41, 5.74) is 0.467. The van der Waals surface area contributed by atoms with Gasteiger partial charge >= 0.3 is 0 Å². The predicted octanol–water partition coefficient (Wildman–Crippen LogP) is 3.28. The fourth-order valence-corrected chi connectivity index (χ4v) is 2.70. The second kappa shape index (κ2) is 6.75. The molecule has 0 heterocycles. The van der Waals surface area contributed by atoms with Gasteiger partial charge in [-0.2, -0.15) is 0 Å². The van der Waals surface area contributed by atoms with Crippen molar-refractivity contribution in [2.24, 2.45) is 5.41 Å². The van der Waals surface area contributed by atoms with E-state index in [1.165, 1.54) is 38.6 Å². The average molecular weight is 240 g/mol. The number of rotatable bonds is 5. The summed E-state index contributed by atoms with van der Waals surface area (Å²) in [7, 11) is 2.31. The van der Waals surface area contributed by atoms with Crippen LogP contribution in [0.25, 0.3) is 0 Å². The Kier molecular flexibility index (Phi) is 5.94. The summed E-state index contributed by atoms with van der Waals surface area (Å²) in [5.74, 6) is 0. The molecule has 1 fully saturated rings. The molecule has 1 aliphatic rings. The zero-order valence-electron chi connectivity index (χ0n) is 12.6. The first-order chi connectivity index (χ1) is 7.92. The van der Waals surface area contributed by atoms with Gasteiger partial charge in [-0.15, -0.1) is 0 Å². The van der Waals surface area contributed by atoms with Gasteiger partial charge in [0.2, 0.25) is 0 Å². The Bertz CT molecular complexity index is 199. The first kappa shape index (κ1) is 15.0. The molecule has 0 aromatic carbocycles. The van der Waals surface area contributed by atoms with Crippen molar-refractivity contribution in [2.75, 3.05) is 20.1 Å². The largest absolute Gasteiger partial charge is 0.314 e. The highest BCUT2D eigenvalue weighted by atomic mass is 15.1. The molecule has 2 heteroatoms. The average Bonchev–Trinajstić information content (AvgIpc) is 2.26. The topological polar surface area (TPSA) is 15.3 Å². The molecule has 0 aromatic rings. The fourth-order valence-electron chi connectivity index (χ4n) is 2.70. The van der Waals surface area contributed by atoms with Crippen molar-refractivity contribution >= 4 is 0 Å². The maximum absolute atomic E-state index is 3.58. The summed E-state index contributed by atoms with van der Waals surface area (Å²) in [6.45, 7) is 11.6. The molecular formula is C15H32N2. The van der Waals surface area contributed by atoms with Crippen LogP contribution in [0.2, 0.25) is 0 Å². The van der Waals surface area contributed by atoms with Gasteiger partial charge in [-0.25, -0.2) is 0 Å². The molecule has 0 unspecified atom stereocenters. The van der Waals surface area contributed by atoms with Crippen molar-refractivity contribution in [3.8, 4) is 0 Å². The summed E-state index contributed by atoms with van der Waals surface area (Å²) >= 11 is 0. The van der Waals surface area contributed by atoms with E-state index < -0.39 is 0 Å². The Labute approximate surface area is 108 Å². The van der Waals surface area contributed by atoms with Crippen LogP contribution in [0.5, 0.6) is 0 Å². The third-order valence-corrected chi connectivity index (χ3v) is 4.03. The minimum atomic E-state index is 0.467. The molecule has 2 nitrogen and oxygen atoms in total. The fraction of sp³-hybridized carbons (Fsp3) is 1.00. The Morgan fingerprint density at radius 1 is 1.12 bits per heavy atom. The van der Waals surface area contributed by atoms with Crippen LogP contribution in [0.15, 0.2) is 0 Å². The lowest BCUT2D eigenvalue weighted by Gasteiger charge is -2.36. The van der Waals surface area contributed by atoms with Crippen molar-refractivity contribution in [1.29, 1.82) is 0 Å². The SMILES string of the molecule is CCNC1CCC(N(C)CCC(C)(C)C)CC1. The molecule has 1 saturated carbocycles. The zero-order chi connectivity index (χ0) is 12.9. The van der Waals surface area contributed by atoms with Gasteiger partial charge < -0.3 is 10.2 Å². The van der Waals surface area contributed by atoms with E-state index in [0.717, 1.165) is 18.6 Å². The minimum absolute atomic E-state index is 0.467. The molecule has 1 rings (SSSR count). The van der Waals surface area contributed by atoms with Gasteiger partial charge in [0, 0.05) is 12.1 Å². The molecule has 0 spiro atoms. The number of hydrogen-bond donors (Lipinski definition) is 1. The highest BCUT2D eigenvalue weighted by Crippen LogP contribution is 2.24. The summed E-state index contributed by atoms with van der Waals surface area (Å²) in [5, 5.41) is 3.58. The second-order valence-corrected chi connectivity index (χ2v) is 6.85. The van der Waals surface area contributed by atoms with Gasteiger partial charge in [0.1, 0.15) is 0 Å². The Morgan fingerprint density at radius 2 is 1.71 bits per heavy atom. The summed E-state index contributed by atoms with van der Waals surface area (Å²) in [6, 6.07) is 1.61. The minimum Gasteiger partial charge on any atom is -0.314 e. The summed E-state index contributed by atoms with van der Waals surface area (Å²) in [4.78, 5) is 2.59. The van der Waals surface area contributed by atoms with E-state index in [2.05, 4.69) is 45.0 Å². The normalized spacial score (nSPS) is 26.5. The smallest absolute Gasteiger partial charge is 0.00933 e. The molecule has 102 valence electrons. The molecule has 0 saturated heterocycles. The lowest BCUT2D eigenvalue weighted by Crippen LogP contribution is -2.41. The number of hydrogen-bond acceptors (Lipinski definition) is 2. The van der Waals surface area contributed by atoms with Crippen molar-refractivity contribution in [2.45, 2.75) is 71.9 Å². The second-order valence-electron chi connectivity index (χ2n) is 6.85. The zero-order valence-corrected chi connectivity index (χ0v) is 12.6. The van der Waals surface area contributed by atoms with Crippen LogP contribution in [0.3, 0.4) is 0 Å². The van der Waals surface area contributed by atoms with E-state index in [1.54, 1.807) is 0 Å². The highest BCUT2D eigenvalue weighted by Gasteiger charge is 2.24. The van der Waals surface area contributed by atoms with E-state index in [1.807, 2.05) is 0 Å². The van der Waals surface area contributed by atoms with Gasteiger partial charge in [-0.1, -0.05) is 27.7 Å². The van der Waals surface area contributed by atoms with Crippen LogP contribution in [0.1, 0.15) is 59.8 Å². The third-order valence-electron chi connectivity index (χ3n) is 4.03. The van der Waals surface area contributed by atoms with Crippen molar-refractivity contribution in [3.05, 3.63) is 0 Å². The van der Waals surface area contributed by atoms with Crippen molar-refractivity contribution < 1.29 is 0 Å². The molecule has 0 bridgehead atoms. The van der Waals surface area contributed by atoms with E-state index in [9.17, 15) is 0 Å². The van der Waals surface area contributed by atoms with Crippen LogP contribution < -0.4 is 5.32 Å². The van der Waals surface area contributed by atoms with E-state index in [-0.39, 0.29) is 0 Å². The van der Waals surface area contributed by atoms with Crippen LogP contribution in [0, 0.1) is 5.41 Å². The van der Waals surface area contributed by atoms with Gasteiger partial charge in [-0.3, -0.25) is 0 Å². The van der Waals surface area contributed by atoms with Gasteiger partial charge in [0.15, 0.2) is 0 Å². The summed E-state index contributed by atoms with van der Waals surface area (Å²) < 4.78 is 0. The van der Waals surface area contributed by atoms with Crippen LogP contribution >= 0.6 is 0 Å². The lowest BCUT2D eigenvalue weighted by atomic mass is 9.88. The van der Waals surface area contributed by atoms with E-state index in [0.29, 0.717) is 5.41 Å². The molecular weight excluding hydrogens is 208 g/mol. The van der Waals surface area contributed by atoms with Crippen LogP contribution in [0.4, 0.5) is 0 Å². The third kappa shape index (κ3) is 5.87. The van der Waals surface area contributed by atoms with Gasteiger partial charge in [0.05, 0.1) is 0 Å². The molecule has 0 radical (unpaired) electrons. The Balaban J connectivity index is 2.23. The van der Waals surface area contributed by atoms with Crippen molar-refractivity contribution in [1.82, 2.24) is 10.2 Å². The molecule has 1 N–H and O–H groups in total. The molecule has 0 atom stereocenters. The van der Waals surface area contributed by atoms with E-state index >= 15 is 0 Å². The van der Waals surface area contributed by atoms with E-state index in [4.69, 9.17) is 0 Å². The first-order valence-electron chi connectivity index (χ1n) is 7.36. The molecule has 0 aromatic heterocycles. The highest BCUT2D eigenvalue weighted by molar-refractivity contribution is 4.82. The standard InChI is InChI=1S/C15H32N2/c1-6-16-13-7-9-14(10-8-13)17(5)12-11-15(2,3)4/h13-14,16H,6-12H2,1-5H3. The molecule has 0 amide bonds. The number of nitrogens with one attached hydrogen (secondary N) is 1. The Hall–Kier alpha value is -0.0800. The van der Waals surface area contributed by atoms with Crippen LogP contribution in [-0.4, -0.2) is 37.1 Å². The molecule has 1 aliphatic carbocycles.